The summed E-state index contributed by atoms with van der Waals surface area (Å²) in [5.74, 6) is -0.569. The van der Waals surface area contributed by atoms with E-state index in [9.17, 15) is 14.7 Å². The highest BCUT2D eigenvalue weighted by atomic mass is 16.5. The molecule has 2 N–H and O–H groups in total. The molecule has 1 aliphatic carbocycles. The van der Waals surface area contributed by atoms with Crippen molar-refractivity contribution in [3.8, 4) is 16.9 Å². The fourth-order valence-corrected chi connectivity index (χ4v) is 3.85. The van der Waals surface area contributed by atoms with Crippen molar-refractivity contribution in [3.63, 3.8) is 0 Å². The SMILES string of the molecule is O=C(N[C@@H](CCOc1ccccc1)C(=O)O)OCC1c2ccccc2-c2ccccc21. The monoisotopic (exact) mass is 417 g/mol. The van der Waals surface area contributed by atoms with E-state index in [4.69, 9.17) is 9.47 Å². The number of carboxylic acid groups (broad SMARTS) is 1. The van der Waals surface area contributed by atoms with E-state index in [-0.39, 0.29) is 25.6 Å². The van der Waals surface area contributed by atoms with E-state index in [0.717, 1.165) is 22.3 Å². The molecule has 0 radical (unpaired) electrons. The Labute approximate surface area is 180 Å². The molecule has 0 bridgehead atoms. The summed E-state index contributed by atoms with van der Waals surface area (Å²) in [6.07, 6.45) is -0.636. The first-order valence-electron chi connectivity index (χ1n) is 10.2. The molecule has 1 amide bonds. The van der Waals surface area contributed by atoms with Gasteiger partial charge in [-0.25, -0.2) is 9.59 Å². The van der Waals surface area contributed by atoms with E-state index in [0.29, 0.717) is 5.75 Å². The molecule has 6 nitrogen and oxygen atoms in total. The summed E-state index contributed by atoms with van der Waals surface area (Å²) < 4.78 is 11.0. The summed E-state index contributed by atoms with van der Waals surface area (Å²) in [4.78, 5) is 23.9. The van der Waals surface area contributed by atoms with E-state index in [1.807, 2.05) is 54.6 Å². The van der Waals surface area contributed by atoms with E-state index >= 15 is 0 Å². The lowest BCUT2D eigenvalue weighted by Gasteiger charge is -2.17. The number of alkyl carbamates (subject to hydrolysis) is 1. The molecular formula is C25H23NO5. The topological polar surface area (TPSA) is 84.9 Å². The van der Waals surface area contributed by atoms with Crippen LogP contribution in [0.1, 0.15) is 23.5 Å². The average molecular weight is 417 g/mol. The second-order valence-electron chi connectivity index (χ2n) is 7.31. The van der Waals surface area contributed by atoms with E-state index < -0.39 is 18.1 Å². The number of benzene rings is 3. The maximum absolute atomic E-state index is 12.3. The van der Waals surface area contributed by atoms with Crippen molar-refractivity contribution in [1.82, 2.24) is 5.32 Å². The molecular weight excluding hydrogens is 394 g/mol. The van der Waals surface area contributed by atoms with Crippen LogP contribution in [0.15, 0.2) is 78.9 Å². The van der Waals surface area contributed by atoms with Crippen LogP contribution in [0.3, 0.4) is 0 Å². The average Bonchev–Trinajstić information content (AvgIpc) is 3.11. The summed E-state index contributed by atoms with van der Waals surface area (Å²) in [5, 5.41) is 11.9. The molecule has 0 saturated carbocycles. The molecule has 0 spiro atoms. The van der Waals surface area contributed by atoms with Gasteiger partial charge in [-0.1, -0.05) is 66.7 Å². The Morgan fingerprint density at radius 1 is 0.871 bits per heavy atom. The molecule has 0 aromatic heterocycles. The van der Waals surface area contributed by atoms with Crippen LogP contribution in [0.5, 0.6) is 5.75 Å². The number of amides is 1. The van der Waals surface area contributed by atoms with Crippen LogP contribution in [-0.2, 0) is 9.53 Å². The van der Waals surface area contributed by atoms with Crippen LogP contribution in [0, 0.1) is 0 Å². The predicted octanol–water partition coefficient (Wildman–Crippen LogP) is 4.45. The quantitative estimate of drug-likeness (QED) is 0.566. The van der Waals surface area contributed by atoms with Crippen molar-refractivity contribution >= 4 is 12.1 Å². The zero-order valence-electron chi connectivity index (χ0n) is 16.9. The lowest BCUT2D eigenvalue weighted by Crippen LogP contribution is -2.42. The molecule has 1 aliphatic rings. The summed E-state index contributed by atoms with van der Waals surface area (Å²) in [5.41, 5.74) is 4.47. The van der Waals surface area contributed by atoms with E-state index in [1.165, 1.54) is 0 Å². The van der Waals surface area contributed by atoms with Crippen molar-refractivity contribution in [2.75, 3.05) is 13.2 Å². The molecule has 3 aromatic carbocycles. The van der Waals surface area contributed by atoms with Crippen molar-refractivity contribution in [2.45, 2.75) is 18.4 Å². The van der Waals surface area contributed by atoms with Gasteiger partial charge in [0.2, 0.25) is 0 Å². The molecule has 0 fully saturated rings. The normalized spacial score (nSPS) is 13.0. The van der Waals surface area contributed by atoms with Crippen LogP contribution in [0.25, 0.3) is 11.1 Å². The zero-order valence-corrected chi connectivity index (χ0v) is 16.9. The second kappa shape index (κ2) is 9.34. The van der Waals surface area contributed by atoms with Gasteiger partial charge in [-0.05, 0) is 34.4 Å². The Bertz CT molecular complexity index is 1020. The number of nitrogens with one attached hydrogen (secondary N) is 1. The maximum Gasteiger partial charge on any atom is 0.407 e. The van der Waals surface area contributed by atoms with Gasteiger partial charge in [-0.3, -0.25) is 0 Å². The van der Waals surface area contributed by atoms with Gasteiger partial charge >= 0.3 is 12.1 Å². The molecule has 4 rings (SSSR count). The number of rotatable bonds is 8. The smallest absolute Gasteiger partial charge is 0.407 e. The number of fused-ring (bicyclic) bond motifs is 3. The van der Waals surface area contributed by atoms with Crippen LogP contribution < -0.4 is 10.1 Å². The number of carboxylic acids is 1. The van der Waals surface area contributed by atoms with Crippen LogP contribution >= 0.6 is 0 Å². The Morgan fingerprint density at radius 3 is 2.06 bits per heavy atom. The summed E-state index contributed by atoms with van der Waals surface area (Å²) in [6.45, 7) is 0.289. The predicted molar refractivity (Wildman–Crippen MR) is 116 cm³/mol. The minimum atomic E-state index is -1.13. The number of hydrogen-bond donors (Lipinski definition) is 2. The summed E-state index contributed by atoms with van der Waals surface area (Å²) >= 11 is 0. The highest BCUT2D eigenvalue weighted by Gasteiger charge is 2.29. The largest absolute Gasteiger partial charge is 0.494 e. The molecule has 0 heterocycles. The molecule has 0 unspecified atom stereocenters. The highest BCUT2D eigenvalue weighted by Crippen LogP contribution is 2.44. The van der Waals surface area contributed by atoms with Crippen LogP contribution in [0.4, 0.5) is 4.79 Å². The highest BCUT2D eigenvalue weighted by molar-refractivity contribution is 5.81. The van der Waals surface area contributed by atoms with Gasteiger partial charge < -0.3 is 19.9 Å². The lowest BCUT2D eigenvalue weighted by molar-refractivity contribution is -0.139. The summed E-state index contributed by atoms with van der Waals surface area (Å²) in [6, 6.07) is 24.1. The summed E-state index contributed by atoms with van der Waals surface area (Å²) in [7, 11) is 0. The molecule has 0 aliphatic heterocycles. The first kappa shape index (κ1) is 20.5. The van der Waals surface area contributed by atoms with Gasteiger partial charge in [-0.2, -0.15) is 0 Å². The molecule has 158 valence electrons. The number of carbonyl (C=O) groups excluding carboxylic acids is 1. The van der Waals surface area contributed by atoms with Gasteiger partial charge in [0.1, 0.15) is 18.4 Å². The van der Waals surface area contributed by atoms with Gasteiger partial charge in [0.15, 0.2) is 0 Å². The molecule has 31 heavy (non-hydrogen) atoms. The second-order valence-corrected chi connectivity index (χ2v) is 7.31. The molecule has 6 heteroatoms. The molecule has 1 atom stereocenters. The third kappa shape index (κ3) is 4.69. The lowest BCUT2D eigenvalue weighted by atomic mass is 9.98. The van der Waals surface area contributed by atoms with Crippen LogP contribution in [0.2, 0.25) is 0 Å². The standard InChI is InChI=1S/C25H23NO5/c27-24(28)23(14-15-30-17-8-2-1-3-9-17)26-25(29)31-16-22-20-12-6-4-10-18(20)19-11-5-7-13-21(19)22/h1-13,22-23H,14-16H2,(H,26,29)(H,27,28)/t23-/m0/s1. The van der Waals surface area contributed by atoms with Gasteiger partial charge in [-0.15, -0.1) is 0 Å². The Balaban J connectivity index is 1.34. The third-order valence-corrected chi connectivity index (χ3v) is 5.35. The number of para-hydroxylation sites is 1. The number of aliphatic carboxylic acids is 1. The first-order valence-corrected chi connectivity index (χ1v) is 10.2. The van der Waals surface area contributed by atoms with Gasteiger partial charge in [0.25, 0.3) is 0 Å². The van der Waals surface area contributed by atoms with E-state index in [2.05, 4.69) is 17.4 Å². The number of ether oxygens (including phenoxy) is 2. The third-order valence-electron chi connectivity index (χ3n) is 5.35. The van der Waals surface area contributed by atoms with Crippen molar-refractivity contribution < 1.29 is 24.2 Å². The Kier molecular flexibility index (Phi) is 6.17. The molecule has 3 aromatic rings. The fraction of sp³-hybridized carbons (Fsp3) is 0.200. The van der Waals surface area contributed by atoms with Gasteiger partial charge in [0.05, 0.1) is 6.61 Å². The maximum atomic E-state index is 12.3. The zero-order chi connectivity index (χ0) is 21.6. The van der Waals surface area contributed by atoms with Crippen molar-refractivity contribution in [2.24, 2.45) is 0 Å². The molecule has 0 saturated heterocycles. The number of hydrogen-bond acceptors (Lipinski definition) is 4. The van der Waals surface area contributed by atoms with E-state index in [1.54, 1.807) is 12.1 Å². The minimum Gasteiger partial charge on any atom is -0.494 e. The fourth-order valence-electron chi connectivity index (χ4n) is 3.85. The van der Waals surface area contributed by atoms with Crippen molar-refractivity contribution in [1.29, 1.82) is 0 Å². The van der Waals surface area contributed by atoms with Crippen molar-refractivity contribution in [3.05, 3.63) is 90.0 Å². The number of carbonyl (C=O) groups is 2. The van der Waals surface area contributed by atoms with Gasteiger partial charge in [0, 0.05) is 12.3 Å². The minimum absolute atomic E-state index is 0.0807. The Hall–Kier alpha value is -3.80. The van der Waals surface area contributed by atoms with Crippen LogP contribution in [-0.4, -0.2) is 36.4 Å². The first-order chi connectivity index (χ1) is 15.1. The Morgan fingerprint density at radius 2 is 1.45 bits per heavy atom.